The summed E-state index contributed by atoms with van der Waals surface area (Å²) in [5.41, 5.74) is 1.89. The Morgan fingerprint density at radius 2 is 2.27 bits per heavy atom. The fourth-order valence-corrected chi connectivity index (χ4v) is 2.41. The van der Waals surface area contributed by atoms with Gasteiger partial charge in [-0.1, -0.05) is 26.0 Å². The summed E-state index contributed by atoms with van der Waals surface area (Å²) < 4.78 is 13.5. The monoisotopic (exact) mass is 207 g/mol. The molecule has 1 aromatic carbocycles. The van der Waals surface area contributed by atoms with Crippen molar-refractivity contribution in [2.75, 3.05) is 11.9 Å². The van der Waals surface area contributed by atoms with E-state index >= 15 is 0 Å². The molecule has 0 aliphatic carbocycles. The van der Waals surface area contributed by atoms with Gasteiger partial charge in [-0.25, -0.2) is 4.39 Å². The molecule has 0 saturated carbocycles. The lowest BCUT2D eigenvalue weighted by molar-refractivity contribution is 0.473. The fourth-order valence-electron chi connectivity index (χ4n) is 2.41. The van der Waals surface area contributed by atoms with E-state index in [2.05, 4.69) is 25.2 Å². The Kier molecular flexibility index (Phi) is 2.94. The molecule has 1 unspecified atom stereocenters. The van der Waals surface area contributed by atoms with Crippen molar-refractivity contribution in [2.24, 2.45) is 5.92 Å². The highest BCUT2D eigenvalue weighted by Gasteiger charge is 2.22. The van der Waals surface area contributed by atoms with Crippen LogP contribution in [0.25, 0.3) is 0 Å². The van der Waals surface area contributed by atoms with E-state index < -0.39 is 0 Å². The van der Waals surface area contributed by atoms with E-state index in [9.17, 15) is 4.39 Å². The van der Waals surface area contributed by atoms with E-state index in [1.165, 1.54) is 6.07 Å². The summed E-state index contributed by atoms with van der Waals surface area (Å²) in [7, 11) is 0. The summed E-state index contributed by atoms with van der Waals surface area (Å²) in [6, 6.07) is 5.40. The van der Waals surface area contributed by atoms with Crippen LogP contribution in [0.3, 0.4) is 0 Å². The van der Waals surface area contributed by atoms with Gasteiger partial charge < -0.3 is 5.32 Å². The van der Waals surface area contributed by atoms with Gasteiger partial charge in [-0.2, -0.15) is 0 Å². The molecular weight excluding hydrogens is 189 g/mol. The lowest BCUT2D eigenvalue weighted by Crippen LogP contribution is -2.19. The zero-order valence-corrected chi connectivity index (χ0v) is 9.39. The van der Waals surface area contributed by atoms with Gasteiger partial charge in [0, 0.05) is 6.54 Å². The van der Waals surface area contributed by atoms with Gasteiger partial charge in [0.15, 0.2) is 0 Å². The minimum absolute atomic E-state index is 0.110. The first-order valence-electron chi connectivity index (χ1n) is 5.70. The zero-order chi connectivity index (χ0) is 10.8. The predicted octanol–water partition coefficient (Wildman–Crippen LogP) is 3.77. The minimum atomic E-state index is -0.110. The van der Waals surface area contributed by atoms with Crippen LogP contribution in [0.4, 0.5) is 10.1 Å². The average molecular weight is 207 g/mol. The molecule has 1 N–H and O–H groups in total. The fraction of sp³-hybridized carbons (Fsp3) is 0.538. The van der Waals surface area contributed by atoms with Crippen LogP contribution in [-0.4, -0.2) is 6.54 Å². The van der Waals surface area contributed by atoms with Crippen molar-refractivity contribution >= 4 is 5.69 Å². The summed E-state index contributed by atoms with van der Waals surface area (Å²) in [4.78, 5) is 0. The van der Waals surface area contributed by atoms with Crippen LogP contribution >= 0.6 is 0 Å². The van der Waals surface area contributed by atoms with E-state index in [0.717, 1.165) is 30.6 Å². The Morgan fingerprint density at radius 3 is 3.00 bits per heavy atom. The molecular formula is C13H18FN. The van der Waals surface area contributed by atoms with Crippen molar-refractivity contribution in [3.63, 3.8) is 0 Å². The standard InChI is InChI=1S/C13H18FN/c1-9(2)8-10-6-7-15-13-11(10)4-3-5-12(13)14/h3-5,9-10,15H,6-8H2,1-2H3. The van der Waals surface area contributed by atoms with E-state index in [0.29, 0.717) is 11.8 Å². The quantitative estimate of drug-likeness (QED) is 0.778. The molecule has 1 atom stereocenters. The van der Waals surface area contributed by atoms with Crippen LogP contribution in [-0.2, 0) is 0 Å². The summed E-state index contributed by atoms with van der Waals surface area (Å²) in [6.45, 7) is 5.34. The van der Waals surface area contributed by atoms with Gasteiger partial charge in [0.2, 0.25) is 0 Å². The molecule has 1 nitrogen and oxygen atoms in total. The molecule has 1 heterocycles. The maximum absolute atomic E-state index is 13.5. The Morgan fingerprint density at radius 1 is 1.47 bits per heavy atom. The highest BCUT2D eigenvalue weighted by Crippen LogP contribution is 2.36. The lowest BCUT2D eigenvalue weighted by Gasteiger charge is -2.28. The molecule has 0 spiro atoms. The van der Waals surface area contributed by atoms with Crippen LogP contribution in [0.5, 0.6) is 0 Å². The summed E-state index contributed by atoms with van der Waals surface area (Å²) in [5, 5.41) is 3.16. The normalized spacial score (nSPS) is 19.9. The Bertz CT molecular complexity index is 346. The Hall–Kier alpha value is -1.05. The number of anilines is 1. The number of para-hydroxylation sites is 1. The number of rotatable bonds is 2. The molecule has 0 amide bonds. The van der Waals surface area contributed by atoms with Crippen LogP contribution in [0.1, 0.15) is 38.2 Å². The number of benzene rings is 1. The first kappa shape index (κ1) is 10.5. The average Bonchev–Trinajstić information content (AvgIpc) is 2.19. The molecule has 1 aromatic rings. The van der Waals surface area contributed by atoms with Crippen molar-refractivity contribution < 1.29 is 4.39 Å². The molecule has 1 aliphatic heterocycles. The lowest BCUT2D eigenvalue weighted by atomic mass is 9.84. The Balaban J connectivity index is 2.30. The molecule has 15 heavy (non-hydrogen) atoms. The molecule has 2 heteroatoms. The van der Waals surface area contributed by atoms with Gasteiger partial charge in [-0.15, -0.1) is 0 Å². The van der Waals surface area contributed by atoms with Crippen molar-refractivity contribution in [1.82, 2.24) is 0 Å². The summed E-state index contributed by atoms with van der Waals surface area (Å²) in [5.74, 6) is 1.09. The second kappa shape index (κ2) is 4.21. The largest absolute Gasteiger partial charge is 0.382 e. The third-order valence-electron chi connectivity index (χ3n) is 3.04. The molecule has 0 aromatic heterocycles. The van der Waals surface area contributed by atoms with Crippen molar-refractivity contribution in [3.8, 4) is 0 Å². The maximum atomic E-state index is 13.5. The third-order valence-corrected chi connectivity index (χ3v) is 3.04. The summed E-state index contributed by atoms with van der Waals surface area (Å²) in [6.07, 6.45) is 2.27. The number of nitrogens with one attached hydrogen (secondary N) is 1. The molecule has 0 fully saturated rings. The molecule has 1 aliphatic rings. The number of hydrogen-bond acceptors (Lipinski definition) is 1. The molecule has 0 saturated heterocycles. The first-order chi connectivity index (χ1) is 7.18. The molecule has 0 radical (unpaired) electrons. The van der Waals surface area contributed by atoms with Gasteiger partial charge >= 0.3 is 0 Å². The third kappa shape index (κ3) is 2.14. The van der Waals surface area contributed by atoms with E-state index in [1.807, 2.05) is 6.07 Å². The summed E-state index contributed by atoms with van der Waals surface area (Å²) >= 11 is 0. The van der Waals surface area contributed by atoms with E-state index in [4.69, 9.17) is 0 Å². The smallest absolute Gasteiger partial charge is 0.146 e. The van der Waals surface area contributed by atoms with Crippen LogP contribution in [0.15, 0.2) is 18.2 Å². The second-order valence-corrected chi connectivity index (χ2v) is 4.75. The number of fused-ring (bicyclic) bond motifs is 1. The van der Waals surface area contributed by atoms with Crippen LogP contribution in [0, 0.1) is 11.7 Å². The Labute approximate surface area is 90.7 Å². The van der Waals surface area contributed by atoms with Gasteiger partial charge in [-0.3, -0.25) is 0 Å². The number of halogens is 1. The SMILES string of the molecule is CC(C)CC1CCNc2c(F)cccc21. The van der Waals surface area contributed by atoms with Crippen molar-refractivity contribution in [2.45, 2.75) is 32.6 Å². The molecule has 82 valence electrons. The van der Waals surface area contributed by atoms with E-state index in [-0.39, 0.29) is 5.82 Å². The second-order valence-electron chi connectivity index (χ2n) is 4.75. The highest BCUT2D eigenvalue weighted by atomic mass is 19.1. The maximum Gasteiger partial charge on any atom is 0.146 e. The molecule has 2 rings (SSSR count). The predicted molar refractivity (Wildman–Crippen MR) is 61.7 cm³/mol. The van der Waals surface area contributed by atoms with Crippen LogP contribution < -0.4 is 5.32 Å². The van der Waals surface area contributed by atoms with E-state index in [1.54, 1.807) is 0 Å². The van der Waals surface area contributed by atoms with Gasteiger partial charge in [-0.05, 0) is 36.3 Å². The first-order valence-corrected chi connectivity index (χ1v) is 5.70. The minimum Gasteiger partial charge on any atom is -0.382 e. The van der Waals surface area contributed by atoms with Gasteiger partial charge in [0.1, 0.15) is 5.82 Å². The molecule has 0 bridgehead atoms. The highest BCUT2D eigenvalue weighted by molar-refractivity contribution is 5.55. The van der Waals surface area contributed by atoms with Gasteiger partial charge in [0.05, 0.1) is 5.69 Å². The topological polar surface area (TPSA) is 12.0 Å². The van der Waals surface area contributed by atoms with Crippen molar-refractivity contribution in [1.29, 1.82) is 0 Å². The number of hydrogen-bond donors (Lipinski definition) is 1. The van der Waals surface area contributed by atoms with Gasteiger partial charge in [0.25, 0.3) is 0 Å². The zero-order valence-electron chi connectivity index (χ0n) is 9.39. The van der Waals surface area contributed by atoms with Crippen molar-refractivity contribution in [3.05, 3.63) is 29.6 Å². The van der Waals surface area contributed by atoms with Crippen LogP contribution in [0.2, 0.25) is 0 Å².